The van der Waals surface area contributed by atoms with E-state index in [2.05, 4.69) is 20.9 Å². The van der Waals surface area contributed by atoms with Gasteiger partial charge in [0, 0.05) is 56.1 Å². The van der Waals surface area contributed by atoms with Crippen LogP contribution in [0.4, 0.5) is 0 Å². The smallest absolute Gasteiger partial charge is 0.139 e. The van der Waals surface area contributed by atoms with Gasteiger partial charge in [0.15, 0.2) is 0 Å². The molecule has 2 aromatic rings. The Labute approximate surface area is 146 Å². The zero-order chi connectivity index (χ0) is 16.4. The summed E-state index contributed by atoms with van der Waals surface area (Å²) in [6.45, 7) is 4.36. The zero-order valence-corrected chi connectivity index (χ0v) is 14.1. The van der Waals surface area contributed by atoms with Crippen LogP contribution < -0.4 is 4.74 Å². The molecule has 0 amide bonds. The average molecular weight is 346 g/mol. The predicted octanol–water partition coefficient (Wildman–Crippen LogP) is 2.66. The first-order chi connectivity index (χ1) is 11.8. The molecule has 5 nitrogen and oxygen atoms in total. The normalized spacial score (nSPS) is 26.5. The van der Waals surface area contributed by atoms with Gasteiger partial charge in [-0.15, -0.1) is 0 Å². The Morgan fingerprint density at radius 1 is 1.25 bits per heavy atom. The molecular weight excluding hydrogens is 326 g/mol. The highest BCUT2D eigenvalue weighted by Crippen LogP contribution is 2.34. The maximum atomic E-state index is 5.99. The number of ether oxygens (including phenoxy) is 2. The van der Waals surface area contributed by atoms with Gasteiger partial charge in [0.1, 0.15) is 5.75 Å². The Morgan fingerprint density at radius 3 is 3.04 bits per heavy atom. The fourth-order valence-electron chi connectivity index (χ4n) is 3.61. The molecule has 6 heteroatoms. The van der Waals surface area contributed by atoms with Crippen molar-refractivity contribution in [3.8, 4) is 5.75 Å². The highest BCUT2D eigenvalue weighted by Gasteiger charge is 2.43. The van der Waals surface area contributed by atoms with Crippen molar-refractivity contribution in [2.24, 2.45) is 11.8 Å². The number of rotatable bonds is 5. The van der Waals surface area contributed by atoms with E-state index in [1.54, 1.807) is 18.5 Å². The fraction of sp³-hybridized carbons (Fsp3) is 0.444. The predicted molar refractivity (Wildman–Crippen MR) is 91.0 cm³/mol. The first-order valence-electron chi connectivity index (χ1n) is 8.24. The summed E-state index contributed by atoms with van der Waals surface area (Å²) in [4.78, 5) is 10.7. The number of halogens is 1. The van der Waals surface area contributed by atoms with Gasteiger partial charge in [-0.05, 0) is 11.6 Å². The van der Waals surface area contributed by atoms with Crippen LogP contribution in [0.25, 0.3) is 0 Å². The number of pyridine rings is 2. The van der Waals surface area contributed by atoms with Gasteiger partial charge in [-0.1, -0.05) is 17.7 Å². The summed E-state index contributed by atoms with van der Waals surface area (Å²) in [6.07, 6.45) is 7.36. The van der Waals surface area contributed by atoms with Gasteiger partial charge in [-0.2, -0.15) is 0 Å². The first kappa shape index (κ1) is 15.8. The van der Waals surface area contributed by atoms with Crippen molar-refractivity contribution < 1.29 is 9.47 Å². The fourth-order valence-corrected chi connectivity index (χ4v) is 3.77. The van der Waals surface area contributed by atoms with E-state index >= 15 is 0 Å². The summed E-state index contributed by atoms with van der Waals surface area (Å²) in [6, 6.07) is 5.90. The number of aromatic nitrogens is 2. The first-order valence-corrected chi connectivity index (χ1v) is 8.62. The second-order valence-electron chi connectivity index (χ2n) is 6.50. The van der Waals surface area contributed by atoms with Gasteiger partial charge in [-0.3, -0.25) is 14.9 Å². The van der Waals surface area contributed by atoms with Crippen molar-refractivity contribution in [3.63, 3.8) is 0 Å². The minimum absolute atomic E-state index is 0.313. The summed E-state index contributed by atoms with van der Waals surface area (Å²) in [5.41, 5.74) is 1.25. The molecule has 4 rings (SSSR count). The van der Waals surface area contributed by atoms with E-state index in [-0.39, 0.29) is 0 Å². The molecule has 24 heavy (non-hydrogen) atoms. The SMILES string of the molecule is Clc1cncc(OC[C@@H]2CO[C@H]3CN(Cc4cccnc4)C[C@@H]23)c1. The lowest BCUT2D eigenvalue weighted by molar-refractivity contribution is 0.0897. The molecule has 2 aromatic heterocycles. The molecule has 0 N–H and O–H groups in total. The Hall–Kier alpha value is -1.69. The molecule has 4 heterocycles. The summed E-state index contributed by atoms with van der Waals surface area (Å²) in [7, 11) is 0. The maximum absolute atomic E-state index is 5.99. The molecule has 2 aliphatic heterocycles. The van der Waals surface area contributed by atoms with Crippen LogP contribution in [-0.4, -0.2) is 47.3 Å². The van der Waals surface area contributed by atoms with E-state index in [1.165, 1.54) is 5.56 Å². The average Bonchev–Trinajstić information content (AvgIpc) is 3.14. The topological polar surface area (TPSA) is 47.5 Å². The van der Waals surface area contributed by atoms with Crippen LogP contribution >= 0.6 is 11.6 Å². The highest BCUT2D eigenvalue weighted by atomic mass is 35.5. The molecule has 0 aromatic carbocycles. The van der Waals surface area contributed by atoms with E-state index in [9.17, 15) is 0 Å². The van der Waals surface area contributed by atoms with E-state index in [0.29, 0.717) is 29.6 Å². The van der Waals surface area contributed by atoms with E-state index in [0.717, 1.165) is 32.0 Å². The van der Waals surface area contributed by atoms with E-state index in [4.69, 9.17) is 21.1 Å². The van der Waals surface area contributed by atoms with Crippen molar-refractivity contribution in [1.82, 2.24) is 14.9 Å². The molecular formula is C18H20ClN3O2. The van der Waals surface area contributed by atoms with Crippen LogP contribution in [0, 0.1) is 11.8 Å². The van der Waals surface area contributed by atoms with Gasteiger partial charge in [-0.25, -0.2) is 0 Å². The molecule has 126 valence electrons. The molecule has 0 unspecified atom stereocenters. The molecule has 0 saturated carbocycles. The van der Waals surface area contributed by atoms with Crippen LogP contribution in [-0.2, 0) is 11.3 Å². The minimum atomic E-state index is 0.313. The quantitative estimate of drug-likeness (QED) is 0.833. The number of likely N-dealkylation sites (tertiary alicyclic amines) is 1. The maximum Gasteiger partial charge on any atom is 0.139 e. The van der Waals surface area contributed by atoms with Crippen molar-refractivity contribution in [2.75, 3.05) is 26.3 Å². The summed E-state index contributed by atoms with van der Waals surface area (Å²) in [5, 5.41) is 0.594. The molecule has 0 radical (unpaired) electrons. The van der Waals surface area contributed by atoms with Crippen LogP contribution in [0.1, 0.15) is 5.56 Å². The second kappa shape index (κ2) is 7.05. The van der Waals surface area contributed by atoms with Gasteiger partial charge < -0.3 is 9.47 Å². The zero-order valence-electron chi connectivity index (χ0n) is 13.3. The van der Waals surface area contributed by atoms with Crippen molar-refractivity contribution in [2.45, 2.75) is 12.6 Å². The van der Waals surface area contributed by atoms with E-state index < -0.39 is 0 Å². The van der Waals surface area contributed by atoms with Gasteiger partial charge in [0.05, 0.1) is 30.5 Å². The van der Waals surface area contributed by atoms with Crippen molar-refractivity contribution in [1.29, 1.82) is 0 Å². The Balaban J connectivity index is 1.33. The minimum Gasteiger partial charge on any atom is -0.492 e. The third-order valence-corrected chi connectivity index (χ3v) is 4.99. The van der Waals surface area contributed by atoms with Crippen LogP contribution in [0.3, 0.4) is 0 Å². The monoisotopic (exact) mass is 345 g/mol. The molecule has 0 aliphatic carbocycles. The Morgan fingerprint density at radius 2 is 2.21 bits per heavy atom. The lowest BCUT2D eigenvalue weighted by Crippen LogP contribution is -2.26. The number of hydrogen-bond acceptors (Lipinski definition) is 5. The van der Waals surface area contributed by atoms with Gasteiger partial charge in [0.2, 0.25) is 0 Å². The third-order valence-electron chi connectivity index (χ3n) is 4.79. The van der Waals surface area contributed by atoms with Crippen LogP contribution in [0.2, 0.25) is 5.02 Å². The van der Waals surface area contributed by atoms with E-state index in [1.807, 2.05) is 18.5 Å². The van der Waals surface area contributed by atoms with Crippen LogP contribution in [0.5, 0.6) is 5.75 Å². The Bertz CT molecular complexity index is 685. The van der Waals surface area contributed by atoms with Gasteiger partial charge in [0.25, 0.3) is 0 Å². The number of fused-ring (bicyclic) bond motifs is 1. The molecule has 0 bridgehead atoms. The second-order valence-corrected chi connectivity index (χ2v) is 6.94. The number of hydrogen-bond donors (Lipinski definition) is 0. The summed E-state index contributed by atoms with van der Waals surface area (Å²) < 4.78 is 11.9. The highest BCUT2D eigenvalue weighted by molar-refractivity contribution is 6.30. The molecule has 2 saturated heterocycles. The molecule has 2 aliphatic rings. The van der Waals surface area contributed by atoms with Gasteiger partial charge >= 0.3 is 0 Å². The Kier molecular flexibility index (Phi) is 4.65. The lowest BCUT2D eigenvalue weighted by Gasteiger charge is -2.19. The summed E-state index contributed by atoms with van der Waals surface area (Å²) in [5.74, 6) is 1.65. The molecule has 2 fully saturated rings. The summed E-state index contributed by atoms with van der Waals surface area (Å²) >= 11 is 5.95. The molecule has 3 atom stereocenters. The lowest BCUT2D eigenvalue weighted by atomic mass is 9.94. The standard InChI is InChI=1S/C18H20ClN3O2/c19-15-4-16(7-21-6-15)23-11-14-12-24-18-10-22(9-17(14)18)8-13-2-1-3-20-5-13/h1-7,14,17-18H,8-12H2/t14-,17+,18+/m1/s1. The van der Waals surface area contributed by atoms with Crippen molar-refractivity contribution in [3.05, 3.63) is 53.6 Å². The van der Waals surface area contributed by atoms with Crippen LogP contribution in [0.15, 0.2) is 43.0 Å². The molecule has 0 spiro atoms. The largest absolute Gasteiger partial charge is 0.492 e. The van der Waals surface area contributed by atoms with Crippen molar-refractivity contribution >= 4 is 11.6 Å². The third kappa shape index (κ3) is 3.53. The number of nitrogens with zero attached hydrogens (tertiary/aromatic N) is 3.